The average Bonchev–Trinajstić information content (AvgIpc) is 2.36. The van der Waals surface area contributed by atoms with Gasteiger partial charge in [-0.2, -0.15) is 0 Å². The van der Waals surface area contributed by atoms with Crippen LogP contribution >= 0.6 is 0 Å². The van der Waals surface area contributed by atoms with Crippen LogP contribution in [0.1, 0.15) is 18.9 Å². The zero-order chi connectivity index (χ0) is 14.0. The van der Waals surface area contributed by atoms with Gasteiger partial charge in [0.15, 0.2) is 0 Å². The minimum absolute atomic E-state index is 0.0393. The molecule has 1 aliphatic rings. The van der Waals surface area contributed by atoms with Crippen LogP contribution in [0.25, 0.3) is 0 Å². The van der Waals surface area contributed by atoms with Gasteiger partial charge >= 0.3 is 0 Å². The van der Waals surface area contributed by atoms with Crippen LogP contribution in [-0.4, -0.2) is 34.1 Å². The fourth-order valence-electron chi connectivity index (χ4n) is 2.47. The molecule has 0 radical (unpaired) electrons. The van der Waals surface area contributed by atoms with E-state index in [0.717, 1.165) is 25.1 Å². The Morgan fingerprint density at radius 2 is 2.32 bits per heavy atom. The highest BCUT2D eigenvalue weighted by Crippen LogP contribution is 2.24. The van der Waals surface area contributed by atoms with Crippen LogP contribution in [0.3, 0.4) is 0 Å². The molecule has 3 N–H and O–H groups in total. The predicted molar refractivity (Wildman–Crippen MR) is 72.6 cm³/mol. The molecule has 2 rings (SSSR count). The van der Waals surface area contributed by atoms with E-state index in [1.54, 1.807) is 6.07 Å². The number of aliphatic hydroxyl groups excluding tert-OH is 1. The normalized spacial score (nSPS) is 24.3. The number of rotatable bonds is 3. The van der Waals surface area contributed by atoms with Crippen molar-refractivity contribution in [2.45, 2.75) is 26.0 Å². The lowest BCUT2D eigenvalue weighted by Gasteiger charge is -2.34. The van der Waals surface area contributed by atoms with Crippen molar-refractivity contribution in [3.05, 3.63) is 33.9 Å². The Bertz CT molecular complexity index is 478. The molecule has 0 aliphatic carbocycles. The molecule has 1 fully saturated rings. The highest BCUT2D eigenvalue weighted by atomic mass is 16.6. The third kappa shape index (κ3) is 3.21. The Morgan fingerprint density at radius 3 is 2.95 bits per heavy atom. The average molecular weight is 265 g/mol. The van der Waals surface area contributed by atoms with E-state index in [-0.39, 0.29) is 23.4 Å². The van der Waals surface area contributed by atoms with Crippen molar-refractivity contribution in [2.24, 2.45) is 5.92 Å². The monoisotopic (exact) mass is 265 g/mol. The number of nitrogens with zero attached hydrogens (tertiary/aromatic N) is 2. The molecule has 0 spiro atoms. The number of likely N-dealkylation sites (tertiary alicyclic amines) is 1. The highest BCUT2D eigenvalue weighted by molar-refractivity contribution is 5.59. The van der Waals surface area contributed by atoms with Gasteiger partial charge in [-0.3, -0.25) is 15.0 Å². The number of piperidine rings is 1. The summed E-state index contributed by atoms with van der Waals surface area (Å²) in [5.74, 6) is 0.234. The quantitative estimate of drug-likeness (QED) is 0.489. The Morgan fingerprint density at radius 1 is 1.58 bits per heavy atom. The second-order valence-electron chi connectivity index (χ2n) is 5.22. The molecule has 6 heteroatoms. The lowest BCUT2D eigenvalue weighted by Crippen LogP contribution is -2.41. The first-order valence-electron chi connectivity index (χ1n) is 6.40. The largest absolute Gasteiger partial charge is 0.393 e. The molecule has 19 heavy (non-hydrogen) atoms. The molecule has 0 bridgehead atoms. The molecule has 1 aromatic carbocycles. The third-order valence-corrected chi connectivity index (χ3v) is 3.64. The van der Waals surface area contributed by atoms with Gasteiger partial charge in [0, 0.05) is 25.7 Å². The summed E-state index contributed by atoms with van der Waals surface area (Å²) >= 11 is 0. The minimum Gasteiger partial charge on any atom is -0.393 e. The number of aliphatic hydroxyl groups is 1. The first-order chi connectivity index (χ1) is 8.97. The molecule has 6 nitrogen and oxygen atoms in total. The summed E-state index contributed by atoms with van der Waals surface area (Å²) in [5.41, 5.74) is 6.61. The van der Waals surface area contributed by atoms with Crippen molar-refractivity contribution in [1.29, 1.82) is 0 Å². The van der Waals surface area contributed by atoms with Crippen LogP contribution in [0, 0.1) is 16.0 Å². The summed E-state index contributed by atoms with van der Waals surface area (Å²) in [6.07, 6.45) is 0.509. The number of nitro groups is 1. The summed E-state index contributed by atoms with van der Waals surface area (Å²) < 4.78 is 0. The van der Waals surface area contributed by atoms with E-state index >= 15 is 0 Å². The molecule has 0 aromatic heterocycles. The molecule has 1 aromatic rings. The van der Waals surface area contributed by atoms with E-state index in [1.165, 1.54) is 6.07 Å². The topological polar surface area (TPSA) is 92.6 Å². The molecule has 1 saturated heterocycles. The zero-order valence-corrected chi connectivity index (χ0v) is 11.0. The summed E-state index contributed by atoms with van der Waals surface area (Å²) in [5, 5.41) is 20.5. The Balaban J connectivity index is 2.07. The summed E-state index contributed by atoms with van der Waals surface area (Å²) in [6, 6.07) is 4.93. The fourth-order valence-corrected chi connectivity index (χ4v) is 2.47. The first kappa shape index (κ1) is 13.8. The molecular weight excluding hydrogens is 246 g/mol. The molecule has 104 valence electrons. The summed E-state index contributed by atoms with van der Waals surface area (Å²) in [4.78, 5) is 12.6. The fraction of sp³-hybridized carbons (Fsp3) is 0.538. The van der Waals surface area contributed by atoms with Crippen molar-refractivity contribution < 1.29 is 10.0 Å². The number of hydrogen-bond donors (Lipinski definition) is 2. The van der Waals surface area contributed by atoms with E-state index in [0.29, 0.717) is 6.54 Å². The maximum Gasteiger partial charge on any atom is 0.292 e. The zero-order valence-electron chi connectivity index (χ0n) is 11.0. The van der Waals surface area contributed by atoms with Gasteiger partial charge < -0.3 is 10.8 Å². The van der Waals surface area contributed by atoms with Gasteiger partial charge in [-0.15, -0.1) is 0 Å². The molecule has 1 aliphatic heterocycles. The van der Waals surface area contributed by atoms with Crippen LogP contribution in [0.4, 0.5) is 11.4 Å². The summed E-state index contributed by atoms with van der Waals surface area (Å²) in [6.45, 7) is 4.28. The van der Waals surface area contributed by atoms with Crippen molar-refractivity contribution in [3.8, 4) is 0 Å². The van der Waals surface area contributed by atoms with E-state index < -0.39 is 4.92 Å². The van der Waals surface area contributed by atoms with Crippen molar-refractivity contribution >= 4 is 11.4 Å². The second kappa shape index (κ2) is 5.54. The number of anilines is 1. The third-order valence-electron chi connectivity index (χ3n) is 3.64. The Kier molecular flexibility index (Phi) is 4.01. The molecule has 0 saturated carbocycles. The first-order valence-corrected chi connectivity index (χ1v) is 6.40. The van der Waals surface area contributed by atoms with E-state index in [9.17, 15) is 15.2 Å². The minimum atomic E-state index is -0.457. The maximum absolute atomic E-state index is 10.8. The van der Waals surface area contributed by atoms with Gasteiger partial charge in [0.1, 0.15) is 5.69 Å². The molecule has 2 unspecified atom stereocenters. The van der Waals surface area contributed by atoms with E-state index in [1.807, 2.05) is 13.0 Å². The van der Waals surface area contributed by atoms with Crippen molar-refractivity contribution in [3.63, 3.8) is 0 Å². The number of nitrogen functional groups attached to an aromatic ring is 1. The molecule has 0 amide bonds. The number of nitro benzene ring substituents is 1. The smallest absolute Gasteiger partial charge is 0.292 e. The molecular formula is C13H19N3O3. The van der Waals surface area contributed by atoms with Gasteiger partial charge in [-0.05, 0) is 24.0 Å². The van der Waals surface area contributed by atoms with Crippen LogP contribution in [0.15, 0.2) is 18.2 Å². The van der Waals surface area contributed by atoms with Crippen LogP contribution in [0.2, 0.25) is 0 Å². The number of hydrogen-bond acceptors (Lipinski definition) is 5. The van der Waals surface area contributed by atoms with Crippen molar-refractivity contribution in [2.75, 3.05) is 18.8 Å². The van der Waals surface area contributed by atoms with Gasteiger partial charge in [0.25, 0.3) is 5.69 Å². The number of nitrogens with two attached hydrogens (primary N) is 1. The molecule has 1 heterocycles. The number of benzene rings is 1. The Hall–Kier alpha value is -1.66. The van der Waals surface area contributed by atoms with Gasteiger partial charge in [-0.1, -0.05) is 13.0 Å². The second-order valence-corrected chi connectivity index (χ2v) is 5.22. The summed E-state index contributed by atoms with van der Waals surface area (Å²) in [7, 11) is 0. The van der Waals surface area contributed by atoms with Crippen LogP contribution < -0.4 is 5.73 Å². The maximum atomic E-state index is 10.8. The lowest BCUT2D eigenvalue weighted by molar-refractivity contribution is -0.384. The van der Waals surface area contributed by atoms with Gasteiger partial charge in [0.05, 0.1) is 11.0 Å². The van der Waals surface area contributed by atoms with Gasteiger partial charge in [-0.25, -0.2) is 0 Å². The standard InChI is InChI=1S/C13H19N3O3/c1-9-7-15(5-4-13(9)17)8-10-2-3-11(14)12(6-10)16(18)19/h2-3,6,9,13,17H,4-5,7-8,14H2,1H3. The molecule has 2 atom stereocenters. The van der Waals surface area contributed by atoms with Crippen molar-refractivity contribution in [1.82, 2.24) is 4.90 Å². The lowest BCUT2D eigenvalue weighted by atomic mass is 9.96. The Labute approximate surface area is 112 Å². The SMILES string of the molecule is CC1CN(Cc2ccc(N)c([N+](=O)[O-])c2)CCC1O. The van der Waals surface area contributed by atoms with Crippen LogP contribution in [-0.2, 0) is 6.54 Å². The van der Waals surface area contributed by atoms with E-state index in [4.69, 9.17) is 5.73 Å². The van der Waals surface area contributed by atoms with Gasteiger partial charge in [0.2, 0.25) is 0 Å². The predicted octanol–water partition coefficient (Wildman–Crippen LogP) is 1.38. The highest BCUT2D eigenvalue weighted by Gasteiger charge is 2.24. The van der Waals surface area contributed by atoms with Crippen LogP contribution in [0.5, 0.6) is 0 Å². The van der Waals surface area contributed by atoms with E-state index in [2.05, 4.69) is 4.90 Å².